The molecule has 0 radical (unpaired) electrons. The van der Waals surface area contributed by atoms with Crippen LogP contribution in [-0.4, -0.2) is 19.1 Å². The van der Waals surface area contributed by atoms with Gasteiger partial charge < -0.3 is 9.67 Å². The maximum Gasteiger partial charge on any atom is 0.301 e. The number of aromatic nitrogens is 3. The van der Waals surface area contributed by atoms with E-state index < -0.39 is 0 Å². The van der Waals surface area contributed by atoms with Crippen molar-refractivity contribution >= 4 is 5.78 Å². The van der Waals surface area contributed by atoms with Crippen molar-refractivity contribution in [3.63, 3.8) is 0 Å². The van der Waals surface area contributed by atoms with Crippen LogP contribution < -0.4 is 5.56 Å². The van der Waals surface area contributed by atoms with Gasteiger partial charge in [-0.15, -0.1) is 0 Å². The number of aromatic hydroxyl groups is 1. The lowest BCUT2D eigenvalue weighted by molar-refractivity contribution is 0.410. The van der Waals surface area contributed by atoms with Crippen LogP contribution in [0, 0.1) is 0 Å². The fraction of sp³-hybridized carbons (Fsp3) is 0.600. The normalized spacial score (nSPS) is 18.1. The van der Waals surface area contributed by atoms with Gasteiger partial charge in [-0.2, -0.15) is 0 Å². The van der Waals surface area contributed by atoms with Gasteiger partial charge in [0.05, 0.1) is 5.69 Å². The van der Waals surface area contributed by atoms with E-state index in [1.165, 1.54) is 23.7 Å². The number of hydrogen-bond acceptors (Lipinski definition) is 3. The summed E-state index contributed by atoms with van der Waals surface area (Å²) >= 11 is 0. The van der Waals surface area contributed by atoms with E-state index in [-0.39, 0.29) is 17.2 Å². The molecule has 1 aliphatic rings. The van der Waals surface area contributed by atoms with Gasteiger partial charge in [-0.3, -0.25) is 4.79 Å². The highest BCUT2D eigenvalue weighted by Crippen LogP contribution is 2.33. The van der Waals surface area contributed by atoms with Gasteiger partial charge in [-0.1, -0.05) is 32.1 Å². The second kappa shape index (κ2) is 5.31. The van der Waals surface area contributed by atoms with Gasteiger partial charge in [-0.05, 0) is 12.8 Å². The Morgan fingerprint density at radius 2 is 1.80 bits per heavy atom. The lowest BCUT2D eigenvalue weighted by Crippen LogP contribution is -2.18. The molecule has 1 N–H and O–H groups in total. The maximum atomic E-state index is 12.2. The highest BCUT2D eigenvalue weighted by atomic mass is 16.3. The average Bonchev–Trinajstić information content (AvgIpc) is 2.76. The first kappa shape index (κ1) is 13.2. The lowest BCUT2D eigenvalue weighted by atomic mass is 9.88. The van der Waals surface area contributed by atoms with Crippen molar-refractivity contribution in [3.05, 3.63) is 28.4 Å². The Morgan fingerprint density at radius 1 is 1.15 bits per heavy atom. The molecule has 0 saturated heterocycles. The highest BCUT2D eigenvalue weighted by Gasteiger charge is 2.22. The summed E-state index contributed by atoms with van der Waals surface area (Å²) < 4.78 is 3.22. The lowest BCUT2D eigenvalue weighted by Gasteiger charge is -2.19. The summed E-state index contributed by atoms with van der Waals surface area (Å²) in [4.78, 5) is 16.8. The molecule has 1 fully saturated rings. The summed E-state index contributed by atoms with van der Waals surface area (Å²) in [6.07, 6.45) is 11.5. The zero-order chi connectivity index (χ0) is 14.1. The van der Waals surface area contributed by atoms with Crippen LogP contribution in [0.3, 0.4) is 0 Å². The fourth-order valence-electron chi connectivity index (χ4n) is 3.16. The third kappa shape index (κ3) is 2.21. The Bertz CT molecular complexity index is 664. The molecule has 2 aromatic rings. The summed E-state index contributed by atoms with van der Waals surface area (Å²) in [5, 5.41) is 10.2. The Labute approximate surface area is 117 Å². The Balaban J connectivity index is 2.07. The van der Waals surface area contributed by atoms with Gasteiger partial charge in [0.2, 0.25) is 11.5 Å². The minimum atomic E-state index is -0.354. The van der Waals surface area contributed by atoms with Gasteiger partial charge >= 0.3 is 5.56 Å². The summed E-state index contributed by atoms with van der Waals surface area (Å²) in [7, 11) is 1.86. The van der Waals surface area contributed by atoms with Crippen molar-refractivity contribution in [1.29, 1.82) is 0 Å². The Morgan fingerprint density at radius 3 is 2.50 bits per heavy atom. The predicted molar refractivity (Wildman–Crippen MR) is 77.2 cm³/mol. The standard InChI is InChI=1S/C15H21N3O2/c1-17-9-10-18-14(20)13(19)12(16-15(17)18)11-7-5-3-2-4-6-8-11/h9-11,19H,2-8H2,1H3. The van der Waals surface area contributed by atoms with Crippen LogP contribution in [0.4, 0.5) is 0 Å². The van der Waals surface area contributed by atoms with Gasteiger partial charge in [0, 0.05) is 25.4 Å². The summed E-state index contributed by atoms with van der Waals surface area (Å²) in [6, 6.07) is 0. The maximum absolute atomic E-state index is 12.2. The minimum Gasteiger partial charge on any atom is -0.502 e. The molecule has 5 heteroatoms. The van der Waals surface area contributed by atoms with Crippen molar-refractivity contribution in [1.82, 2.24) is 14.0 Å². The monoisotopic (exact) mass is 275 g/mol. The molecule has 1 saturated carbocycles. The average molecular weight is 275 g/mol. The summed E-state index contributed by atoms with van der Waals surface area (Å²) in [5.41, 5.74) is 0.242. The van der Waals surface area contributed by atoms with Crippen LogP contribution in [0.2, 0.25) is 0 Å². The van der Waals surface area contributed by atoms with Crippen LogP contribution in [-0.2, 0) is 7.05 Å². The molecule has 2 heterocycles. The van der Waals surface area contributed by atoms with Crippen molar-refractivity contribution in [2.75, 3.05) is 0 Å². The molecule has 108 valence electrons. The predicted octanol–water partition coefficient (Wildman–Crippen LogP) is 2.57. The largest absolute Gasteiger partial charge is 0.502 e. The van der Waals surface area contributed by atoms with Gasteiger partial charge in [-0.25, -0.2) is 9.38 Å². The molecule has 0 bridgehead atoms. The molecular weight excluding hydrogens is 254 g/mol. The highest BCUT2D eigenvalue weighted by molar-refractivity contribution is 5.39. The van der Waals surface area contributed by atoms with E-state index in [0.717, 1.165) is 25.7 Å². The quantitative estimate of drug-likeness (QED) is 0.870. The van der Waals surface area contributed by atoms with Crippen molar-refractivity contribution in [2.45, 2.75) is 50.9 Å². The second-order valence-electron chi connectivity index (χ2n) is 5.77. The first-order chi connectivity index (χ1) is 9.68. The molecule has 0 aromatic carbocycles. The molecule has 20 heavy (non-hydrogen) atoms. The molecule has 0 spiro atoms. The second-order valence-corrected chi connectivity index (χ2v) is 5.77. The van der Waals surface area contributed by atoms with E-state index in [1.807, 2.05) is 11.6 Å². The van der Waals surface area contributed by atoms with E-state index >= 15 is 0 Å². The van der Waals surface area contributed by atoms with Crippen molar-refractivity contribution in [3.8, 4) is 5.75 Å². The van der Waals surface area contributed by atoms with E-state index in [1.54, 1.807) is 12.4 Å². The molecule has 2 aromatic heterocycles. The number of fused-ring (bicyclic) bond motifs is 1. The molecular formula is C15H21N3O2. The molecule has 5 nitrogen and oxygen atoms in total. The Hall–Kier alpha value is -1.78. The number of aryl methyl sites for hydroxylation is 1. The number of nitrogens with zero attached hydrogens (tertiary/aromatic N) is 3. The smallest absolute Gasteiger partial charge is 0.301 e. The third-order valence-corrected chi connectivity index (χ3v) is 4.35. The summed E-state index contributed by atoms with van der Waals surface area (Å²) in [5.74, 6) is 0.645. The molecule has 3 rings (SSSR count). The van der Waals surface area contributed by atoms with Crippen LogP contribution in [0.1, 0.15) is 56.6 Å². The van der Waals surface area contributed by atoms with E-state index in [9.17, 15) is 9.90 Å². The minimum absolute atomic E-state index is 0.167. The number of imidazole rings is 1. The van der Waals surface area contributed by atoms with Gasteiger partial charge in [0.15, 0.2) is 0 Å². The van der Waals surface area contributed by atoms with E-state index in [2.05, 4.69) is 4.98 Å². The van der Waals surface area contributed by atoms with Crippen LogP contribution in [0.5, 0.6) is 5.75 Å². The van der Waals surface area contributed by atoms with Crippen LogP contribution >= 0.6 is 0 Å². The van der Waals surface area contributed by atoms with E-state index in [4.69, 9.17) is 0 Å². The zero-order valence-corrected chi connectivity index (χ0v) is 11.9. The molecule has 0 amide bonds. The SMILES string of the molecule is Cn1ccn2c(=O)c(O)c(C3CCCCCCC3)nc12. The topological polar surface area (TPSA) is 59.5 Å². The molecule has 0 atom stereocenters. The van der Waals surface area contributed by atoms with E-state index in [0.29, 0.717) is 11.5 Å². The van der Waals surface area contributed by atoms with Crippen LogP contribution in [0.15, 0.2) is 17.2 Å². The van der Waals surface area contributed by atoms with Crippen LogP contribution in [0.25, 0.3) is 5.78 Å². The molecule has 0 unspecified atom stereocenters. The Kier molecular flexibility index (Phi) is 3.51. The fourth-order valence-corrected chi connectivity index (χ4v) is 3.16. The van der Waals surface area contributed by atoms with Crippen molar-refractivity contribution in [2.24, 2.45) is 7.05 Å². The van der Waals surface area contributed by atoms with Gasteiger partial charge in [0.1, 0.15) is 0 Å². The van der Waals surface area contributed by atoms with Gasteiger partial charge in [0.25, 0.3) is 0 Å². The molecule has 0 aliphatic heterocycles. The number of rotatable bonds is 1. The third-order valence-electron chi connectivity index (χ3n) is 4.35. The zero-order valence-electron chi connectivity index (χ0n) is 11.9. The number of hydrogen-bond donors (Lipinski definition) is 1. The molecule has 1 aliphatic carbocycles. The first-order valence-electron chi connectivity index (χ1n) is 7.45. The first-order valence-corrected chi connectivity index (χ1v) is 7.45. The summed E-state index contributed by atoms with van der Waals surface area (Å²) in [6.45, 7) is 0. The van der Waals surface area contributed by atoms with Crippen molar-refractivity contribution < 1.29 is 5.11 Å².